The van der Waals surface area contributed by atoms with Crippen LogP contribution >= 0.6 is 31.7 Å². The van der Waals surface area contributed by atoms with Crippen molar-refractivity contribution in [2.45, 2.75) is 20.5 Å². The molecule has 0 aromatic carbocycles. The smallest absolute Gasteiger partial charge is 0.390 e. The van der Waals surface area contributed by atoms with Crippen molar-refractivity contribution in [1.82, 2.24) is 18.9 Å². The molecule has 0 aliphatic heterocycles. The Morgan fingerprint density at radius 3 is 2.21 bits per heavy atom. The van der Waals surface area contributed by atoms with E-state index in [2.05, 4.69) is 28.2 Å². The topological polar surface area (TPSA) is 76.7 Å². The highest BCUT2D eigenvalue weighted by Crippen LogP contribution is 2.45. The van der Waals surface area contributed by atoms with E-state index >= 15 is 0 Å². The van der Waals surface area contributed by atoms with E-state index in [0.717, 1.165) is 13.1 Å². The normalized spacial score (nSPS) is 11.8. The van der Waals surface area contributed by atoms with Gasteiger partial charge >= 0.3 is 5.95 Å². The molecule has 0 N–H and O–H groups in total. The molecule has 1 rings (SSSR count). The second kappa shape index (κ2) is 11.2. The largest absolute Gasteiger partial charge is 0.434 e. The molecular formula is C13H24Cl2N5O3P. The fourth-order valence-corrected chi connectivity index (χ4v) is 4.73. The van der Waals surface area contributed by atoms with Gasteiger partial charge in [0.15, 0.2) is 8.45 Å². The lowest BCUT2D eigenvalue weighted by Gasteiger charge is -2.36. The Hall–Kier alpha value is -0.500. The summed E-state index contributed by atoms with van der Waals surface area (Å²) < 4.78 is 11.9. The number of aromatic nitrogens is 2. The number of rotatable bonds is 12. The Balaban J connectivity index is 2.89. The first kappa shape index (κ1) is 21.5. The molecule has 0 aliphatic carbocycles. The molecule has 8 nitrogen and oxygen atoms in total. The molecule has 0 spiro atoms. The number of imidazole rings is 1. The summed E-state index contributed by atoms with van der Waals surface area (Å²) in [5.41, 5.74) is 0.651. The number of hydrogen-bond acceptors (Lipinski definition) is 6. The molecule has 11 heteroatoms. The van der Waals surface area contributed by atoms with Crippen LogP contribution in [-0.2, 0) is 18.2 Å². The molecule has 0 saturated heterocycles. The van der Waals surface area contributed by atoms with E-state index in [1.807, 2.05) is 0 Å². The summed E-state index contributed by atoms with van der Waals surface area (Å²) in [6, 6.07) is 0. The second-order valence-corrected chi connectivity index (χ2v) is 7.51. The van der Waals surface area contributed by atoms with Crippen LogP contribution in [0.5, 0.6) is 0 Å². The first-order chi connectivity index (χ1) is 11.5. The van der Waals surface area contributed by atoms with Crippen LogP contribution in [0.1, 0.15) is 19.5 Å². The van der Waals surface area contributed by atoms with Gasteiger partial charge in [0, 0.05) is 37.9 Å². The molecule has 0 fully saturated rings. The van der Waals surface area contributed by atoms with E-state index in [-0.39, 0.29) is 12.6 Å². The lowest BCUT2D eigenvalue weighted by molar-refractivity contribution is -0.396. The number of nitrogens with zero attached hydrogens (tertiary/aromatic N) is 5. The molecule has 1 aromatic heterocycles. The third-order valence-corrected chi connectivity index (χ3v) is 6.08. The summed E-state index contributed by atoms with van der Waals surface area (Å²) in [5, 5.41) is 10.9. The summed E-state index contributed by atoms with van der Waals surface area (Å²) in [5.74, 6) is 0.816. The molecular weight excluding hydrogens is 376 g/mol. The Labute approximate surface area is 153 Å². The van der Waals surface area contributed by atoms with Crippen LogP contribution < -0.4 is 0 Å². The predicted octanol–water partition coefficient (Wildman–Crippen LogP) is 3.19. The van der Waals surface area contributed by atoms with Gasteiger partial charge in [-0.3, -0.25) is 0 Å². The molecule has 1 aromatic rings. The molecule has 0 aliphatic rings. The van der Waals surface area contributed by atoms with Gasteiger partial charge in [-0.15, -0.1) is 23.2 Å². The maximum atomic E-state index is 10.9. The predicted molar refractivity (Wildman–Crippen MR) is 97.5 cm³/mol. The standard InChI is InChI=1S/C13H24Cl2N5O3P/c1-4-18(8-6-14)24(19(5-2)9-7-15)23-11-12-10-16-13(17(12)3)20(21)22/h10H,4-9,11H2,1-3H3. The zero-order valence-electron chi connectivity index (χ0n) is 14.2. The van der Waals surface area contributed by atoms with E-state index < -0.39 is 13.4 Å². The quantitative estimate of drug-likeness (QED) is 0.232. The van der Waals surface area contributed by atoms with Crippen molar-refractivity contribution in [2.75, 3.05) is 37.9 Å². The Kier molecular flexibility index (Phi) is 10.0. The van der Waals surface area contributed by atoms with Gasteiger partial charge in [0.05, 0.1) is 7.05 Å². The average Bonchev–Trinajstić information content (AvgIpc) is 2.93. The van der Waals surface area contributed by atoms with Crippen molar-refractivity contribution in [3.05, 3.63) is 22.0 Å². The fourth-order valence-electron chi connectivity index (χ4n) is 2.13. The van der Waals surface area contributed by atoms with Crippen molar-refractivity contribution in [2.24, 2.45) is 7.05 Å². The van der Waals surface area contributed by atoms with E-state index in [4.69, 9.17) is 27.7 Å². The zero-order valence-corrected chi connectivity index (χ0v) is 16.6. The second-order valence-electron chi connectivity index (χ2n) is 4.86. The van der Waals surface area contributed by atoms with Gasteiger partial charge in [-0.05, 0) is 4.92 Å². The molecule has 0 bridgehead atoms. The molecule has 0 amide bonds. The average molecular weight is 400 g/mol. The molecule has 0 saturated carbocycles. The molecule has 1 heterocycles. The first-order valence-corrected chi connectivity index (χ1v) is 9.93. The Bertz CT molecular complexity index is 506. The maximum absolute atomic E-state index is 10.9. The van der Waals surface area contributed by atoms with Crippen molar-refractivity contribution >= 4 is 37.6 Å². The molecule has 0 atom stereocenters. The van der Waals surface area contributed by atoms with Crippen molar-refractivity contribution in [3.8, 4) is 0 Å². The van der Waals surface area contributed by atoms with Crippen molar-refractivity contribution in [3.63, 3.8) is 0 Å². The Morgan fingerprint density at radius 2 is 1.83 bits per heavy atom. The minimum absolute atomic E-state index is 0.195. The van der Waals surface area contributed by atoms with Crippen LogP contribution in [0.4, 0.5) is 5.95 Å². The third kappa shape index (κ3) is 5.79. The summed E-state index contributed by atoms with van der Waals surface area (Å²) in [4.78, 5) is 14.2. The highest BCUT2D eigenvalue weighted by molar-refractivity contribution is 7.47. The van der Waals surface area contributed by atoms with Gasteiger partial charge in [-0.25, -0.2) is 13.9 Å². The van der Waals surface area contributed by atoms with E-state index in [1.54, 1.807) is 7.05 Å². The van der Waals surface area contributed by atoms with Crippen LogP contribution in [0.15, 0.2) is 6.20 Å². The summed E-state index contributed by atoms with van der Waals surface area (Å²) >= 11 is 11.8. The highest BCUT2D eigenvalue weighted by atomic mass is 35.5. The first-order valence-electron chi connectivity index (χ1n) is 7.69. The van der Waals surface area contributed by atoms with Crippen LogP contribution in [-0.4, -0.2) is 61.8 Å². The number of hydrogen-bond donors (Lipinski definition) is 0. The number of nitro groups is 1. The van der Waals surface area contributed by atoms with Gasteiger partial charge in [-0.2, -0.15) is 0 Å². The number of alkyl halides is 2. The van der Waals surface area contributed by atoms with Crippen molar-refractivity contribution < 1.29 is 9.45 Å². The monoisotopic (exact) mass is 399 g/mol. The lowest BCUT2D eigenvalue weighted by Crippen LogP contribution is -2.32. The van der Waals surface area contributed by atoms with Gasteiger partial charge in [-0.1, -0.05) is 18.8 Å². The SMILES string of the molecule is CCN(CCCl)P(OCc1cnc([N+](=O)[O-])n1C)N(CC)CCCl. The molecule has 0 radical (unpaired) electrons. The van der Waals surface area contributed by atoms with Crippen LogP contribution in [0.25, 0.3) is 0 Å². The van der Waals surface area contributed by atoms with Gasteiger partial charge in [0.1, 0.15) is 18.5 Å². The minimum Gasteiger partial charge on any atom is -0.390 e. The summed E-state index contributed by atoms with van der Waals surface area (Å²) in [6.45, 7) is 7.33. The molecule has 24 heavy (non-hydrogen) atoms. The van der Waals surface area contributed by atoms with Crippen LogP contribution in [0.3, 0.4) is 0 Å². The maximum Gasteiger partial charge on any atom is 0.434 e. The van der Waals surface area contributed by atoms with Gasteiger partial charge in [0.2, 0.25) is 0 Å². The van der Waals surface area contributed by atoms with Crippen LogP contribution in [0.2, 0.25) is 0 Å². The molecule has 0 unspecified atom stereocenters. The van der Waals surface area contributed by atoms with E-state index in [9.17, 15) is 10.1 Å². The number of halogens is 2. The molecule has 138 valence electrons. The Morgan fingerprint density at radius 1 is 1.29 bits per heavy atom. The third-order valence-electron chi connectivity index (χ3n) is 3.45. The lowest BCUT2D eigenvalue weighted by atomic mass is 10.5. The summed E-state index contributed by atoms with van der Waals surface area (Å²) in [7, 11) is 0.555. The fraction of sp³-hybridized carbons (Fsp3) is 0.769. The zero-order chi connectivity index (χ0) is 18.1. The summed E-state index contributed by atoms with van der Waals surface area (Å²) in [6.07, 6.45) is 1.47. The van der Waals surface area contributed by atoms with Crippen molar-refractivity contribution in [1.29, 1.82) is 0 Å². The minimum atomic E-state index is -1.05. The van der Waals surface area contributed by atoms with Gasteiger partial charge in [0.25, 0.3) is 0 Å². The van der Waals surface area contributed by atoms with Crippen LogP contribution in [0, 0.1) is 10.1 Å². The highest BCUT2D eigenvalue weighted by Gasteiger charge is 2.26. The van der Waals surface area contributed by atoms with E-state index in [0.29, 0.717) is 30.5 Å². The van der Waals surface area contributed by atoms with E-state index in [1.165, 1.54) is 10.8 Å². The van der Waals surface area contributed by atoms with Gasteiger partial charge < -0.3 is 14.6 Å².